The number of non-ortho nitro benzene ring substituents is 1. The second-order valence-corrected chi connectivity index (χ2v) is 9.64. The number of fused-ring (bicyclic) bond motifs is 1. The van der Waals surface area contributed by atoms with Crippen LogP contribution in [-0.4, -0.2) is 64.3 Å². The molecule has 1 fully saturated rings. The normalized spacial score (nSPS) is 19.4. The minimum atomic E-state index is -0.745. The van der Waals surface area contributed by atoms with Crippen LogP contribution in [0, 0.1) is 10.1 Å². The third-order valence-electron chi connectivity index (χ3n) is 6.01. The molecule has 0 aromatic heterocycles. The zero-order valence-corrected chi connectivity index (χ0v) is 21.7. The van der Waals surface area contributed by atoms with Crippen molar-refractivity contribution in [3.63, 3.8) is 0 Å². The largest absolute Gasteiger partial charge is 0.497 e. The summed E-state index contributed by atoms with van der Waals surface area (Å²) in [5.41, 5.74) is 1.82. The topological polar surface area (TPSA) is 138 Å². The van der Waals surface area contributed by atoms with Crippen LogP contribution in [0.2, 0.25) is 0 Å². The van der Waals surface area contributed by atoms with E-state index in [0.717, 1.165) is 5.56 Å². The zero-order valence-electron chi connectivity index (χ0n) is 20.9. The average molecular weight is 540 g/mol. The number of nitrogens with zero attached hydrogens (tertiary/aromatic N) is 3. The first-order chi connectivity index (χ1) is 18.2. The minimum absolute atomic E-state index is 0.0247. The Labute approximate surface area is 222 Å². The van der Waals surface area contributed by atoms with Gasteiger partial charge >= 0.3 is 11.9 Å². The fourth-order valence-electron chi connectivity index (χ4n) is 4.03. The second kappa shape index (κ2) is 11.5. The van der Waals surface area contributed by atoms with Crippen LogP contribution in [0.3, 0.4) is 0 Å². The van der Waals surface area contributed by atoms with Gasteiger partial charge in [-0.25, -0.2) is 4.79 Å². The van der Waals surface area contributed by atoms with Gasteiger partial charge in [0.05, 0.1) is 12.0 Å². The highest BCUT2D eigenvalue weighted by Gasteiger charge is 2.54. The smallest absolute Gasteiger partial charge is 0.355 e. The summed E-state index contributed by atoms with van der Waals surface area (Å²) in [5.74, 6) is -0.613. The molecule has 0 N–H and O–H groups in total. The summed E-state index contributed by atoms with van der Waals surface area (Å²) >= 11 is 1.40. The molecule has 0 bridgehead atoms. The van der Waals surface area contributed by atoms with Crippen LogP contribution in [0.5, 0.6) is 5.75 Å². The maximum absolute atomic E-state index is 13.3. The van der Waals surface area contributed by atoms with E-state index < -0.39 is 40.3 Å². The molecule has 198 valence electrons. The molecule has 0 spiro atoms. The Bertz CT molecular complexity index is 1310. The second-order valence-electron chi connectivity index (χ2n) is 8.53. The lowest BCUT2D eigenvalue weighted by molar-refractivity contribution is -0.384. The quantitative estimate of drug-likeness (QED) is 0.155. The van der Waals surface area contributed by atoms with Crippen LogP contribution < -0.4 is 4.74 Å². The molecule has 0 radical (unpaired) electrons. The number of amides is 1. The van der Waals surface area contributed by atoms with E-state index in [1.807, 2.05) is 0 Å². The van der Waals surface area contributed by atoms with E-state index in [1.165, 1.54) is 54.1 Å². The first-order valence-electron chi connectivity index (χ1n) is 11.6. The molecule has 38 heavy (non-hydrogen) atoms. The number of carbonyl (C=O) groups is 3. The molecular formula is C26H25N3O8S. The number of nitro groups is 1. The Balaban J connectivity index is 1.53. The molecule has 12 heteroatoms. The third-order valence-corrected chi connectivity index (χ3v) is 7.30. The number of esters is 2. The summed E-state index contributed by atoms with van der Waals surface area (Å²) < 4.78 is 16.0. The van der Waals surface area contributed by atoms with Gasteiger partial charge in [0.2, 0.25) is 0 Å². The van der Waals surface area contributed by atoms with Crippen LogP contribution in [0.25, 0.3) is 0 Å². The van der Waals surface area contributed by atoms with Crippen molar-refractivity contribution in [2.24, 2.45) is 4.99 Å². The SMILES string of the molecule is COc1ccc(COC(=O)C2=C(C(C)OC(C)=O)CS[C@@H]3[C@H](N=Cc4ccc([N+](=O)[O-])cc4)C(=O)N23)cc1. The van der Waals surface area contributed by atoms with Crippen LogP contribution in [0.1, 0.15) is 25.0 Å². The Kier molecular flexibility index (Phi) is 8.10. The number of methoxy groups -OCH3 is 1. The van der Waals surface area contributed by atoms with E-state index in [-0.39, 0.29) is 18.0 Å². The molecule has 1 amide bonds. The summed E-state index contributed by atoms with van der Waals surface area (Å²) in [6.07, 6.45) is 0.743. The molecule has 2 aromatic carbocycles. The molecule has 1 saturated heterocycles. The van der Waals surface area contributed by atoms with Gasteiger partial charge in [-0.15, -0.1) is 11.8 Å². The van der Waals surface area contributed by atoms with Crippen molar-refractivity contribution in [3.05, 3.63) is 81.0 Å². The Hall–Kier alpha value is -4.19. The van der Waals surface area contributed by atoms with Gasteiger partial charge in [0, 0.05) is 36.6 Å². The van der Waals surface area contributed by atoms with Crippen molar-refractivity contribution in [3.8, 4) is 5.75 Å². The van der Waals surface area contributed by atoms with Crippen LogP contribution in [0.15, 0.2) is 64.8 Å². The number of thioether (sulfide) groups is 1. The highest BCUT2D eigenvalue weighted by Crippen LogP contribution is 2.43. The predicted octanol–water partition coefficient (Wildman–Crippen LogP) is 3.26. The molecule has 0 saturated carbocycles. The van der Waals surface area contributed by atoms with Crippen LogP contribution >= 0.6 is 11.8 Å². The zero-order chi connectivity index (χ0) is 27.4. The minimum Gasteiger partial charge on any atom is -0.497 e. The molecule has 2 aromatic rings. The number of benzene rings is 2. The number of nitro benzene ring substituents is 1. The van der Waals surface area contributed by atoms with E-state index in [2.05, 4.69) is 4.99 Å². The van der Waals surface area contributed by atoms with Crippen molar-refractivity contribution >= 4 is 41.5 Å². The van der Waals surface area contributed by atoms with Gasteiger partial charge in [0.15, 0.2) is 6.04 Å². The monoisotopic (exact) mass is 539 g/mol. The van der Waals surface area contributed by atoms with Gasteiger partial charge in [-0.3, -0.25) is 29.6 Å². The fourth-order valence-corrected chi connectivity index (χ4v) is 5.48. The molecule has 2 aliphatic rings. The summed E-state index contributed by atoms with van der Waals surface area (Å²) in [6, 6.07) is 12.1. The first kappa shape index (κ1) is 26.9. The number of ether oxygens (including phenoxy) is 3. The predicted molar refractivity (Wildman–Crippen MR) is 139 cm³/mol. The van der Waals surface area contributed by atoms with Gasteiger partial charge in [-0.2, -0.15) is 0 Å². The van der Waals surface area contributed by atoms with Crippen molar-refractivity contribution in [2.75, 3.05) is 12.9 Å². The highest BCUT2D eigenvalue weighted by molar-refractivity contribution is 8.00. The summed E-state index contributed by atoms with van der Waals surface area (Å²) in [6.45, 7) is 2.89. The lowest BCUT2D eigenvalue weighted by Crippen LogP contribution is -2.64. The molecule has 4 rings (SSSR count). The summed E-state index contributed by atoms with van der Waals surface area (Å²) in [7, 11) is 1.55. The summed E-state index contributed by atoms with van der Waals surface area (Å²) in [4.78, 5) is 54.1. The van der Waals surface area contributed by atoms with Gasteiger partial charge in [0.1, 0.15) is 29.5 Å². The number of rotatable bonds is 9. The molecule has 2 aliphatic heterocycles. The Morgan fingerprint density at radius 1 is 1.21 bits per heavy atom. The third kappa shape index (κ3) is 5.70. The van der Waals surface area contributed by atoms with Gasteiger partial charge < -0.3 is 14.2 Å². The van der Waals surface area contributed by atoms with Crippen molar-refractivity contribution < 1.29 is 33.5 Å². The van der Waals surface area contributed by atoms with E-state index >= 15 is 0 Å². The Morgan fingerprint density at radius 3 is 2.50 bits per heavy atom. The van der Waals surface area contributed by atoms with Gasteiger partial charge in [-0.05, 0) is 42.3 Å². The lowest BCUT2D eigenvalue weighted by Gasteiger charge is -2.48. The van der Waals surface area contributed by atoms with E-state index in [4.69, 9.17) is 14.2 Å². The van der Waals surface area contributed by atoms with Crippen LogP contribution in [-0.2, 0) is 30.5 Å². The molecule has 1 unspecified atom stereocenters. The molecule has 11 nitrogen and oxygen atoms in total. The van der Waals surface area contributed by atoms with Gasteiger partial charge in [-0.1, -0.05) is 12.1 Å². The molecular weight excluding hydrogens is 514 g/mol. The summed E-state index contributed by atoms with van der Waals surface area (Å²) in [5, 5.41) is 10.4. The van der Waals surface area contributed by atoms with Crippen LogP contribution in [0.4, 0.5) is 5.69 Å². The van der Waals surface area contributed by atoms with Crippen molar-refractivity contribution in [1.29, 1.82) is 0 Å². The van der Waals surface area contributed by atoms with E-state index in [0.29, 0.717) is 22.6 Å². The standard InChI is InChI=1S/C26H25N3O8S/c1-15(37-16(2)30)21-14-38-25-22(27-12-17-4-8-19(9-5-17)29(33)34)24(31)28(25)23(21)26(32)36-13-18-6-10-20(35-3)11-7-18/h4-12,15,22,25H,13-14H2,1-3H3/t15?,22-,25-/m1/s1. The average Bonchev–Trinajstić information content (AvgIpc) is 2.91. The first-order valence-corrected chi connectivity index (χ1v) is 12.7. The van der Waals surface area contributed by atoms with E-state index in [1.54, 1.807) is 38.3 Å². The van der Waals surface area contributed by atoms with Crippen molar-refractivity contribution in [2.45, 2.75) is 38.0 Å². The highest BCUT2D eigenvalue weighted by atomic mass is 32.2. The number of carbonyl (C=O) groups excluding carboxylic acids is 3. The maximum atomic E-state index is 13.3. The lowest BCUT2D eigenvalue weighted by atomic mass is 10.0. The van der Waals surface area contributed by atoms with Crippen molar-refractivity contribution in [1.82, 2.24) is 4.90 Å². The number of β-lactam (4-membered cyclic amide) rings is 1. The molecule has 0 aliphatic carbocycles. The van der Waals surface area contributed by atoms with E-state index in [9.17, 15) is 24.5 Å². The maximum Gasteiger partial charge on any atom is 0.355 e. The van der Waals surface area contributed by atoms with Gasteiger partial charge in [0.25, 0.3) is 11.6 Å². The number of hydrogen-bond donors (Lipinski definition) is 0. The molecule has 3 atom stereocenters. The number of hydrogen-bond acceptors (Lipinski definition) is 10. The fraction of sp³-hybridized carbons (Fsp3) is 0.308. The number of aliphatic imine (C=N–C) groups is 1. The molecule has 2 heterocycles. The Morgan fingerprint density at radius 2 is 1.89 bits per heavy atom.